The van der Waals surface area contributed by atoms with E-state index in [9.17, 15) is 0 Å². The van der Waals surface area contributed by atoms with Gasteiger partial charge in [0, 0.05) is 50.4 Å². The minimum atomic E-state index is 0.567. The largest absolute Gasteiger partial charge is 0.383 e. The summed E-state index contributed by atoms with van der Waals surface area (Å²) in [5.41, 5.74) is 7.95. The summed E-state index contributed by atoms with van der Waals surface area (Å²) in [5.74, 6) is 0.567. The molecule has 2 aliphatic rings. The van der Waals surface area contributed by atoms with Gasteiger partial charge in [0.15, 0.2) is 0 Å². The van der Waals surface area contributed by atoms with Crippen LogP contribution in [0.5, 0.6) is 0 Å². The van der Waals surface area contributed by atoms with E-state index in [1.807, 2.05) is 0 Å². The molecule has 0 aliphatic carbocycles. The zero-order valence-corrected chi connectivity index (χ0v) is 16.6. The van der Waals surface area contributed by atoms with Crippen LogP contribution in [-0.2, 0) is 17.6 Å². The predicted molar refractivity (Wildman–Crippen MR) is 117 cm³/mol. The molecule has 5 heteroatoms. The molecule has 1 saturated heterocycles. The van der Waals surface area contributed by atoms with Gasteiger partial charge in [-0.3, -0.25) is 4.99 Å². The minimum absolute atomic E-state index is 0.567. The zero-order chi connectivity index (χ0) is 19.2. The van der Waals surface area contributed by atoms with Crippen molar-refractivity contribution in [1.29, 1.82) is 0 Å². The molecule has 2 heterocycles. The Morgan fingerprint density at radius 1 is 1.07 bits per heavy atom. The van der Waals surface area contributed by atoms with Gasteiger partial charge in [-0.1, -0.05) is 24.3 Å². The average Bonchev–Trinajstić information content (AvgIpc) is 2.92. The number of rotatable bonds is 6. The molecule has 1 fully saturated rings. The van der Waals surface area contributed by atoms with Crippen molar-refractivity contribution in [1.82, 2.24) is 5.32 Å². The molecule has 148 valence electrons. The number of ether oxygens (including phenoxy) is 1. The van der Waals surface area contributed by atoms with Gasteiger partial charge in [-0.2, -0.15) is 0 Å². The van der Waals surface area contributed by atoms with Crippen LogP contribution in [0.15, 0.2) is 41.4 Å². The fourth-order valence-electron chi connectivity index (χ4n) is 4.19. The number of para-hydroxylation sites is 1. The molecular formula is C23H30N4O. The smallest absolute Gasteiger partial charge is 0.0820 e. The van der Waals surface area contributed by atoms with Gasteiger partial charge >= 0.3 is 0 Å². The highest BCUT2D eigenvalue weighted by molar-refractivity contribution is 5.74. The number of aliphatic imine (C=N–C) groups is 1. The van der Waals surface area contributed by atoms with Crippen LogP contribution in [-0.4, -0.2) is 39.7 Å². The third-order valence-electron chi connectivity index (χ3n) is 5.69. The Hall–Kier alpha value is -2.53. The normalized spacial score (nSPS) is 16.8. The fraction of sp³-hybridized carbons (Fsp3) is 0.435. The molecule has 0 atom stereocenters. The summed E-state index contributed by atoms with van der Waals surface area (Å²) in [4.78, 5) is 3.97. The van der Waals surface area contributed by atoms with Crippen LogP contribution >= 0.6 is 0 Å². The van der Waals surface area contributed by atoms with Crippen LogP contribution in [0.4, 0.5) is 17.1 Å². The maximum Gasteiger partial charge on any atom is 0.0820 e. The van der Waals surface area contributed by atoms with Crippen molar-refractivity contribution in [3.05, 3.63) is 53.1 Å². The van der Waals surface area contributed by atoms with Crippen LogP contribution < -0.4 is 16.0 Å². The van der Waals surface area contributed by atoms with Crippen LogP contribution in [0, 0.1) is 0 Å². The Labute approximate surface area is 167 Å². The van der Waals surface area contributed by atoms with E-state index in [-0.39, 0.29) is 0 Å². The standard InChI is InChI=1S/C23H30N4O/c1-24-16-25-10-11-26-23-15-22-19(14-20(23)17-8-12-28-13-9-17)7-6-18-4-2-3-5-21(18)27-22/h2-5,14-17,26-27H,6-13H2,1H3,(H,24,25). The third-order valence-corrected chi connectivity index (χ3v) is 5.69. The summed E-state index contributed by atoms with van der Waals surface area (Å²) in [6.45, 7) is 3.42. The molecule has 0 unspecified atom stereocenters. The molecule has 0 aromatic heterocycles. The molecule has 2 aliphatic heterocycles. The molecule has 28 heavy (non-hydrogen) atoms. The minimum Gasteiger partial charge on any atom is -0.383 e. The Morgan fingerprint density at radius 3 is 2.75 bits per heavy atom. The fourth-order valence-corrected chi connectivity index (χ4v) is 4.19. The maximum atomic E-state index is 5.60. The van der Waals surface area contributed by atoms with Crippen LogP contribution in [0.25, 0.3) is 0 Å². The second-order valence-corrected chi connectivity index (χ2v) is 7.53. The lowest BCUT2D eigenvalue weighted by atomic mass is 9.88. The Kier molecular flexibility index (Phi) is 6.12. The monoisotopic (exact) mass is 378 g/mol. The molecule has 2 aromatic rings. The van der Waals surface area contributed by atoms with Crippen molar-refractivity contribution in [2.24, 2.45) is 4.99 Å². The molecule has 0 bridgehead atoms. The lowest BCUT2D eigenvalue weighted by molar-refractivity contribution is 0.0854. The predicted octanol–water partition coefficient (Wildman–Crippen LogP) is 4.08. The van der Waals surface area contributed by atoms with E-state index < -0.39 is 0 Å². The Morgan fingerprint density at radius 2 is 1.89 bits per heavy atom. The van der Waals surface area contributed by atoms with Crippen molar-refractivity contribution in [3.8, 4) is 0 Å². The maximum absolute atomic E-state index is 5.60. The van der Waals surface area contributed by atoms with Gasteiger partial charge < -0.3 is 20.7 Å². The average molecular weight is 379 g/mol. The summed E-state index contributed by atoms with van der Waals surface area (Å²) < 4.78 is 5.60. The molecule has 5 nitrogen and oxygen atoms in total. The van der Waals surface area contributed by atoms with Crippen LogP contribution in [0.2, 0.25) is 0 Å². The number of fused-ring (bicyclic) bond motifs is 2. The molecule has 4 rings (SSSR count). The number of hydrogen-bond acceptors (Lipinski definition) is 4. The SMILES string of the molecule is CN=CNCCNc1cc2c(cc1C1CCOCC1)CCc1ccccc1N2. The van der Waals surface area contributed by atoms with E-state index in [4.69, 9.17) is 4.74 Å². The van der Waals surface area contributed by atoms with Crippen molar-refractivity contribution >= 4 is 23.4 Å². The number of anilines is 3. The molecule has 0 amide bonds. The highest BCUT2D eigenvalue weighted by atomic mass is 16.5. The highest BCUT2D eigenvalue weighted by Crippen LogP contribution is 2.39. The first kappa shape index (κ1) is 18.8. The second kappa shape index (κ2) is 9.11. The van der Waals surface area contributed by atoms with E-state index in [0.717, 1.165) is 52.0 Å². The van der Waals surface area contributed by atoms with Gasteiger partial charge in [0.1, 0.15) is 0 Å². The van der Waals surface area contributed by atoms with Crippen molar-refractivity contribution < 1.29 is 4.74 Å². The summed E-state index contributed by atoms with van der Waals surface area (Å²) in [5, 5.41) is 10.5. The number of hydrogen-bond donors (Lipinski definition) is 3. The lowest BCUT2D eigenvalue weighted by Crippen LogP contribution is -2.22. The lowest BCUT2D eigenvalue weighted by Gasteiger charge is -2.26. The summed E-state index contributed by atoms with van der Waals surface area (Å²) in [6.07, 6.45) is 6.10. The van der Waals surface area contributed by atoms with Gasteiger partial charge in [-0.25, -0.2) is 0 Å². The molecule has 2 aromatic carbocycles. The van der Waals surface area contributed by atoms with E-state index in [1.54, 1.807) is 13.4 Å². The Balaban J connectivity index is 1.61. The first-order chi connectivity index (χ1) is 13.8. The van der Waals surface area contributed by atoms with E-state index in [2.05, 4.69) is 57.3 Å². The van der Waals surface area contributed by atoms with Crippen molar-refractivity contribution in [2.45, 2.75) is 31.6 Å². The van der Waals surface area contributed by atoms with E-state index in [0.29, 0.717) is 5.92 Å². The Bertz CT molecular complexity index is 827. The zero-order valence-electron chi connectivity index (χ0n) is 16.6. The summed E-state index contributed by atoms with van der Waals surface area (Å²) >= 11 is 0. The number of aryl methyl sites for hydroxylation is 2. The van der Waals surface area contributed by atoms with Gasteiger partial charge in [-0.05, 0) is 60.4 Å². The van der Waals surface area contributed by atoms with E-state index in [1.165, 1.54) is 33.8 Å². The van der Waals surface area contributed by atoms with Crippen LogP contribution in [0.1, 0.15) is 35.4 Å². The molecular weight excluding hydrogens is 348 g/mol. The van der Waals surface area contributed by atoms with Crippen molar-refractivity contribution in [3.63, 3.8) is 0 Å². The van der Waals surface area contributed by atoms with Gasteiger partial charge in [-0.15, -0.1) is 0 Å². The molecule has 0 saturated carbocycles. The first-order valence-electron chi connectivity index (χ1n) is 10.3. The second-order valence-electron chi connectivity index (χ2n) is 7.53. The van der Waals surface area contributed by atoms with Gasteiger partial charge in [0.25, 0.3) is 0 Å². The van der Waals surface area contributed by atoms with Gasteiger partial charge in [0.2, 0.25) is 0 Å². The number of benzene rings is 2. The van der Waals surface area contributed by atoms with E-state index >= 15 is 0 Å². The van der Waals surface area contributed by atoms with Crippen molar-refractivity contribution in [2.75, 3.05) is 44.0 Å². The van der Waals surface area contributed by atoms with Crippen LogP contribution in [0.3, 0.4) is 0 Å². The van der Waals surface area contributed by atoms with Gasteiger partial charge in [0.05, 0.1) is 6.34 Å². The summed E-state index contributed by atoms with van der Waals surface area (Å²) in [7, 11) is 1.78. The number of nitrogens with zero attached hydrogens (tertiary/aromatic N) is 1. The summed E-state index contributed by atoms with van der Waals surface area (Å²) in [6, 6.07) is 13.4. The molecule has 0 radical (unpaired) electrons. The quantitative estimate of drug-likeness (QED) is 0.403. The number of nitrogens with one attached hydrogen (secondary N) is 3. The third kappa shape index (κ3) is 4.30. The first-order valence-corrected chi connectivity index (χ1v) is 10.3. The topological polar surface area (TPSA) is 57.7 Å². The molecule has 0 spiro atoms. The highest BCUT2D eigenvalue weighted by Gasteiger charge is 2.22. The molecule has 3 N–H and O–H groups in total.